The van der Waals surface area contributed by atoms with Crippen molar-refractivity contribution in [1.82, 2.24) is 5.32 Å². The third-order valence-electron chi connectivity index (χ3n) is 2.06. The fourth-order valence-corrected chi connectivity index (χ4v) is 1.38. The summed E-state index contributed by atoms with van der Waals surface area (Å²) >= 11 is 3.31. The van der Waals surface area contributed by atoms with Gasteiger partial charge in [-0.15, -0.1) is 0 Å². The number of carbonyl (C=O) groups excluding carboxylic acids is 1. The number of amides is 1. The van der Waals surface area contributed by atoms with E-state index < -0.39 is 0 Å². The second-order valence-electron chi connectivity index (χ2n) is 3.15. The summed E-state index contributed by atoms with van der Waals surface area (Å²) in [4.78, 5) is 11.2. The van der Waals surface area contributed by atoms with Crippen LogP contribution in [0.3, 0.4) is 0 Å². The molecule has 2 nitrogen and oxygen atoms in total. The van der Waals surface area contributed by atoms with E-state index in [1.165, 1.54) is 0 Å². The molecule has 3 heteroatoms. The van der Waals surface area contributed by atoms with Crippen molar-refractivity contribution in [1.29, 1.82) is 0 Å². The van der Waals surface area contributed by atoms with Gasteiger partial charge in [-0.05, 0) is 18.8 Å². The first kappa shape index (κ1) is 9.04. The molecule has 0 aliphatic heterocycles. The summed E-state index contributed by atoms with van der Waals surface area (Å²) in [5.41, 5.74) is 0. The van der Waals surface area contributed by atoms with Crippen molar-refractivity contribution in [2.75, 3.05) is 11.9 Å². The minimum Gasteiger partial charge on any atom is -0.356 e. The average Bonchev–Trinajstić information content (AvgIpc) is 2.67. The van der Waals surface area contributed by atoms with Crippen molar-refractivity contribution in [3.63, 3.8) is 0 Å². The maximum absolute atomic E-state index is 11.2. The summed E-state index contributed by atoms with van der Waals surface area (Å²) in [6, 6.07) is 0. The Labute approximate surface area is 75.9 Å². The quantitative estimate of drug-likeness (QED) is 0.565. The smallest absolute Gasteiger partial charge is 0.223 e. The average molecular weight is 220 g/mol. The summed E-state index contributed by atoms with van der Waals surface area (Å²) in [7, 11) is 0. The highest BCUT2D eigenvalue weighted by atomic mass is 79.9. The normalized spacial score (nSPS) is 28.2. The largest absolute Gasteiger partial charge is 0.356 e. The minimum absolute atomic E-state index is 0.249. The second-order valence-corrected chi connectivity index (χ2v) is 3.95. The molecule has 0 bridgehead atoms. The van der Waals surface area contributed by atoms with E-state index in [1.54, 1.807) is 0 Å². The highest BCUT2D eigenvalue weighted by Gasteiger charge is 2.38. The summed E-state index contributed by atoms with van der Waals surface area (Å²) in [5, 5.41) is 3.87. The predicted octanol–water partition coefficient (Wildman–Crippen LogP) is 1.54. The molecule has 64 valence electrons. The van der Waals surface area contributed by atoms with Crippen LogP contribution in [0.5, 0.6) is 0 Å². The fraction of sp³-hybridized carbons (Fsp3) is 0.875. The summed E-state index contributed by atoms with van der Waals surface area (Å²) in [6.45, 7) is 2.93. The zero-order valence-corrected chi connectivity index (χ0v) is 8.36. The van der Waals surface area contributed by atoms with Crippen LogP contribution in [0.25, 0.3) is 0 Å². The Morgan fingerprint density at radius 3 is 2.82 bits per heavy atom. The van der Waals surface area contributed by atoms with E-state index in [2.05, 4.69) is 28.2 Å². The lowest BCUT2D eigenvalue weighted by atomic mass is 10.3. The Hall–Kier alpha value is -0.0500. The van der Waals surface area contributed by atoms with Gasteiger partial charge < -0.3 is 5.32 Å². The Morgan fingerprint density at radius 2 is 2.36 bits per heavy atom. The van der Waals surface area contributed by atoms with Crippen LogP contribution in [0.1, 0.15) is 19.8 Å². The van der Waals surface area contributed by atoms with Crippen LogP contribution in [0.4, 0.5) is 0 Å². The molecule has 1 aliphatic rings. The van der Waals surface area contributed by atoms with Gasteiger partial charge >= 0.3 is 0 Å². The molecule has 0 aromatic rings. The van der Waals surface area contributed by atoms with E-state index >= 15 is 0 Å². The number of halogens is 1. The molecule has 1 amide bonds. The molecule has 0 saturated heterocycles. The van der Waals surface area contributed by atoms with Crippen molar-refractivity contribution in [2.24, 2.45) is 11.8 Å². The van der Waals surface area contributed by atoms with E-state index in [9.17, 15) is 4.79 Å². The Kier molecular flexibility index (Phi) is 3.37. The molecule has 1 saturated carbocycles. The maximum atomic E-state index is 11.2. The van der Waals surface area contributed by atoms with E-state index in [4.69, 9.17) is 0 Å². The molecule has 11 heavy (non-hydrogen) atoms. The van der Waals surface area contributed by atoms with Crippen LogP contribution in [0.2, 0.25) is 0 Å². The molecule has 0 radical (unpaired) electrons. The number of alkyl halides is 1. The van der Waals surface area contributed by atoms with Gasteiger partial charge in [0.1, 0.15) is 0 Å². The van der Waals surface area contributed by atoms with E-state index in [-0.39, 0.29) is 5.91 Å². The molecular formula is C8H14BrNO. The Morgan fingerprint density at radius 1 is 1.73 bits per heavy atom. The van der Waals surface area contributed by atoms with Gasteiger partial charge in [-0.3, -0.25) is 4.79 Å². The first-order chi connectivity index (χ1) is 5.25. The lowest BCUT2D eigenvalue weighted by molar-refractivity contribution is -0.122. The first-order valence-corrected chi connectivity index (χ1v) is 5.21. The lowest BCUT2D eigenvalue weighted by Gasteiger charge is -2.01. The third kappa shape index (κ3) is 2.81. The molecule has 0 heterocycles. The van der Waals surface area contributed by atoms with Crippen LogP contribution in [-0.4, -0.2) is 17.8 Å². The van der Waals surface area contributed by atoms with Gasteiger partial charge in [-0.2, -0.15) is 0 Å². The lowest BCUT2D eigenvalue weighted by Crippen LogP contribution is -2.26. The highest BCUT2D eigenvalue weighted by molar-refractivity contribution is 9.09. The van der Waals surface area contributed by atoms with E-state index in [0.717, 1.165) is 24.7 Å². The number of hydrogen-bond donors (Lipinski definition) is 1. The number of nitrogens with one attached hydrogen (secondary N) is 1. The zero-order valence-electron chi connectivity index (χ0n) is 6.77. The van der Waals surface area contributed by atoms with Crippen LogP contribution < -0.4 is 5.32 Å². The predicted molar refractivity (Wildman–Crippen MR) is 48.7 cm³/mol. The highest BCUT2D eigenvalue weighted by Crippen LogP contribution is 2.37. The van der Waals surface area contributed by atoms with Gasteiger partial charge in [0.15, 0.2) is 0 Å². The molecule has 0 spiro atoms. The van der Waals surface area contributed by atoms with Gasteiger partial charge in [0.25, 0.3) is 0 Å². The molecule has 2 atom stereocenters. The van der Waals surface area contributed by atoms with E-state index in [1.807, 2.05) is 0 Å². The number of hydrogen-bond acceptors (Lipinski definition) is 1. The van der Waals surface area contributed by atoms with Crippen LogP contribution in [0, 0.1) is 11.8 Å². The van der Waals surface area contributed by atoms with Crippen molar-refractivity contribution >= 4 is 21.8 Å². The molecule has 1 aliphatic carbocycles. The topological polar surface area (TPSA) is 29.1 Å². The van der Waals surface area contributed by atoms with E-state index in [0.29, 0.717) is 11.8 Å². The summed E-state index contributed by atoms with van der Waals surface area (Å²) in [6.07, 6.45) is 2.10. The van der Waals surface area contributed by atoms with Crippen LogP contribution >= 0.6 is 15.9 Å². The van der Waals surface area contributed by atoms with Gasteiger partial charge in [0.05, 0.1) is 0 Å². The summed E-state index contributed by atoms with van der Waals surface area (Å²) in [5.74, 6) is 1.20. The van der Waals surface area contributed by atoms with Gasteiger partial charge in [0, 0.05) is 17.8 Å². The van der Waals surface area contributed by atoms with Crippen molar-refractivity contribution < 1.29 is 4.79 Å². The molecule has 1 rings (SSSR count). The molecule has 1 N–H and O–H groups in total. The summed E-state index contributed by atoms with van der Waals surface area (Å²) < 4.78 is 0. The Bertz CT molecular complexity index is 149. The monoisotopic (exact) mass is 219 g/mol. The molecule has 0 aromatic carbocycles. The van der Waals surface area contributed by atoms with Gasteiger partial charge in [-0.1, -0.05) is 22.9 Å². The standard InChI is InChI=1S/C8H14BrNO/c1-6-5-7(6)8(11)10-4-2-3-9/h6-7H,2-5H2,1H3,(H,10,11). The van der Waals surface area contributed by atoms with Gasteiger partial charge in [-0.25, -0.2) is 0 Å². The SMILES string of the molecule is CC1CC1C(=O)NCCCBr. The fourth-order valence-electron chi connectivity index (χ4n) is 1.10. The van der Waals surface area contributed by atoms with Crippen LogP contribution in [-0.2, 0) is 4.79 Å². The minimum atomic E-state index is 0.249. The molecular weight excluding hydrogens is 206 g/mol. The van der Waals surface area contributed by atoms with Crippen molar-refractivity contribution in [3.8, 4) is 0 Å². The molecule has 0 aromatic heterocycles. The molecule has 1 fully saturated rings. The molecule has 2 unspecified atom stereocenters. The second kappa shape index (κ2) is 4.10. The first-order valence-electron chi connectivity index (χ1n) is 4.09. The maximum Gasteiger partial charge on any atom is 0.223 e. The van der Waals surface area contributed by atoms with Crippen molar-refractivity contribution in [2.45, 2.75) is 19.8 Å². The third-order valence-corrected chi connectivity index (χ3v) is 2.62. The Balaban J connectivity index is 2.03. The van der Waals surface area contributed by atoms with Crippen LogP contribution in [0.15, 0.2) is 0 Å². The van der Waals surface area contributed by atoms with Gasteiger partial charge in [0.2, 0.25) is 5.91 Å². The zero-order chi connectivity index (χ0) is 8.27. The number of carbonyl (C=O) groups is 1. The van der Waals surface area contributed by atoms with Crippen molar-refractivity contribution in [3.05, 3.63) is 0 Å². The number of rotatable bonds is 4.